The van der Waals surface area contributed by atoms with Crippen molar-refractivity contribution < 1.29 is 4.79 Å². The highest BCUT2D eigenvalue weighted by Crippen LogP contribution is 2.31. The lowest BCUT2D eigenvalue weighted by atomic mass is 10.0. The van der Waals surface area contributed by atoms with Gasteiger partial charge in [-0.25, -0.2) is 14.3 Å². The Morgan fingerprint density at radius 2 is 1.90 bits per heavy atom. The summed E-state index contributed by atoms with van der Waals surface area (Å²) in [4.78, 5) is 22.2. The first kappa shape index (κ1) is 23.6. The molecule has 4 heterocycles. The summed E-state index contributed by atoms with van der Waals surface area (Å²) >= 11 is 1.94. The minimum Gasteiger partial charge on any atom is -0.356 e. The molecule has 8 heteroatoms. The van der Waals surface area contributed by atoms with Crippen LogP contribution in [0, 0.1) is 19.8 Å². The normalized spacial score (nSPS) is 17.4. The van der Waals surface area contributed by atoms with Gasteiger partial charge >= 0.3 is 0 Å². The van der Waals surface area contributed by atoms with Gasteiger partial charge in [-0.3, -0.25) is 4.79 Å². The van der Waals surface area contributed by atoms with Gasteiger partial charge in [0.1, 0.15) is 12.1 Å². The second kappa shape index (κ2) is 11.5. The third-order valence-electron chi connectivity index (χ3n) is 6.24. The molecule has 0 atom stereocenters. The number of aryl methyl sites for hydroxylation is 1. The number of nitrogens with one attached hydrogen (secondary N) is 1. The van der Waals surface area contributed by atoms with Crippen molar-refractivity contribution in [2.24, 2.45) is 13.0 Å². The molecule has 31 heavy (non-hydrogen) atoms. The molecule has 0 spiro atoms. The third-order valence-corrected chi connectivity index (χ3v) is 7.48. The lowest BCUT2D eigenvalue weighted by Gasteiger charge is -2.28. The number of hydrogen-bond acceptors (Lipinski definition) is 6. The molecule has 1 N–H and O–H groups in total. The maximum Gasteiger partial charge on any atom is 0.207 e. The van der Waals surface area contributed by atoms with Crippen molar-refractivity contribution in [2.75, 3.05) is 31.1 Å². The molecular weight excluding hydrogens is 408 g/mol. The standard InChI is InChI=1S/C13H22N2S.C10H14N4O/c1-10-5-7-15(8-6-10)16-13-9-11(2)14(4)12(13)3;15-8-12-6-9-5-11-7-13-10(9)14-3-1-2-4-14/h9-10H,5-8H2,1-4H3;5,7-8H,1-4,6H2,(H,12,15). The van der Waals surface area contributed by atoms with Crippen LogP contribution in [0.1, 0.15) is 49.6 Å². The summed E-state index contributed by atoms with van der Waals surface area (Å²) in [6, 6.07) is 2.30. The van der Waals surface area contributed by atoms with E-state index in [1.54, 1.807) is 12.5 Å². The monoisotopic (exact) mass is 444 g/mol. The summed E-state index contributed by atoms with van der Waals surface area (Å²) in [6.07, 6.45) is 9.13. The highest BCUT2D eigenvalue weighted by molar-refractivity contribution is 7.97. The highest BCUT2D eigenvalue weighted by atomic mass is 32.2. The summed E-state index contributed by atoms with van der Waals surface area (Å²) in [7, 11) is 2.15. The molecule has 170 valence electrons. The van der Waals surface area contributed by atoms with Crippen molar-refractivity contribution in [1.29, 1.82) is 0 Å². The molecule has 0 unspecified atom stereocenters. The predicted octanol–water partition coefficient (Wildman–Crippen LogP) is 3.70. The van der Waals surface area contributed by atoms with Crippen molar-refractivity contribution in [3.8, 4) is 0 Å². The molecular formula is C23H36N6OS. The number of nitrogens with zero attached hydrogens (tertiary/aromatic N) is 5. The van der Waals surface area contributed by atoms with E-state index in [2.05, 4.69) is 62.9 Å². The van der Waals surface area contributed by atoms with E-state index in [0.717, 1.165) is 30.4 Å². The molecule has 1 amide bonds. The fraction of sp³-hybridized carbons (Fsp3) is 0.609. The molecule has 0 radical (unpaired) electrons. The van der Waals surface area contributed by atoms with Gasteiger partial charge in [0.05, 0.1) is 0 Å². The van der Waals surface area contributed by atoms with E-state index in [1.807, 2.05) is 11.9 Å². The van der Waals surface area contributed by atoms with Crippen molar-refractivity contribution in [3.05, 3.63) is 35.5 Å². The maximum atomic E-state index is 10.2. The van der Waals surface area contributed by atoms with Crippen LogP contribution in [-0.2, 0) is 18.4 Å². The van der Waals surface area contributed by atoms with Gasteiger partial charge in [-0.05, 0) is 63.5 Å². The zero-order chi connectivity index (χ0) is 22.2. The lowest BCUT2D eigenvalue weighted by molar-refractivity contribution is -0.109. The molecule has 0 aliphatic carbocycles. The van der Waals surface area contributed by atoms with Gasteiger partial charge in [0, 0.05) is 67.8 Å². The number of carbonyl (C=O) groups is 1. The minimum atomic E-state index is 0.496. The number of hydrogen-bond donors (Lipinski definition) is 1. The Balaban J connectivity index is 0.000000176. The Morgan fingerprint density at radius 1 is 1.19 bits per heavy atom. The first-order valence-corrected chi connectivity index (χ1v) is 12.0. The largest absolute Gasteiger partial charge is 0.356 e. The van der Waals surface area contributed by atoms with Crippen molar-refractivity contribution in [2.45, 2.75) is 57.9 Å². The Labute approximate surface area is 190 Å². The fourth-order valence-corrected chi connectivity index (χ4v) is 5.13. The van der Waals surface area contributed by atoms with Crippen LogP contribution in [0.2, 0.25) is 0 Å². The summed E-state index contributed by atoms with van der Waals surface area (Å²) in [6.45, 7) is 11.8. The smallest absolute Gasteiger partial charge is 0.207 e. The summed E-state index contributed by atoms with van der Waals surface area (Å²) < 4.78 is 4.79. The maximum absolute atomic E-state index is 10.2. The van der Waals surface area contributed by atoms with Crippen LogP contribution in [0.4, 0.5) is 5.82 Å². The number of anilines is 1. The Hall–Kier alpha value is -2.06. The molecule has 0 aromatic carbocycles. The van der Waals surface area contributed by atoms with Crippen LogP contribution in [0.25, 0.3) is 0 Å². The number of carbonyl (C=O) groups excluding carboxylic acids is 1. The number of aromatic nitrogens is 3. The lowest BCUT2D eigenvalue weighted by Crippen LogP contribution is -2.27. The predicted molar refractivity (Wildman–Crippen MR) is 127 cm³/mol. The molecule has 2 aromatic rings. The number of rotatable bonds is 6. The van der Waals surface area contributed by atoms with Crippen LogP contribution >= 0.6 is 11.9 Å². The Kier molecular flexibility index (Phi) is 8.78. The van der Waals surface area contributed by atoms with E-state index >= 15 is 0 Å². The Bertz CT molecular complexity index is 841. The van der Waals surface area contributed by atoms with E-state index in [0.29, 0.717) is 13.0 Å². The molecule has 7 nitrogen and oxygen atoms in total. The van der Waals surface area contributed by atoms with Crippen LogP contribution < -0.4 is 10.2 Å². The van der Waals surface area contributed by atoms with Gasteiger partial charge in [-0.15, -0.1) is 0 Å². The summed E-state index contributed by atoms with van der Waals surface area (Å²) in [5, 5.41) is 2.64. The molecule has 2 aliphatic rings. The average Bonchev–Trinajstić information content (AvgIpc) is 3.40. The van der Waals surface area contributed by atoms with E-state index in [1.165, 1.54) is 55.1 Å². The van der Waals surface area contributed by atoms with Gasteiger partial charge in [0.2, 0.25) is 6.41 Å². The van der Waals surface area contributed by atoms with Crippen molar-refractivity contribution >= 4 is 24.2 Å². The van der Waals surface area contributed by atoms with Gasteiger partial charge in [-0.2, -0.15) is 0 Å². The van der Waals surface area contributed by atoms with Gasteiger partial charge < -0.3 is 14.8 Å². The van der Waals surface area contributed by atoms with E-state index < -0.39 is 0 Å². The number of amides is 1. The van der Waals surface area contributed by atoms with Crippen molar-refractivity contribution in [1.82, 2.24) is 24.2 Å². The topological polar surface area (TPSA) is 66.3 Å². The van der Waals surface area contributed by atoms with Crippen LogP contribution in [0.5, 0.6) is 0 Å². The van der Waals surface area contributed by atoms with Crippen LogP contribution in [0.15, 0.2) is 23.5 Å². The van der Waals surface area contributed by atoms with Crippen LogP contribution in [-0.4, -0.2) is 51.4 Å². The quantitative estimate of drug-likeness (QED) is 0.541. The number of piperidine rings is 1. The van der Waals surface area contributed by atoms with Gasteiger partial charge in [0.15, 0.2) is 0 Å². The molecule has 2 saturated heterocycles. The summed E-state index contributed by atoms with van der Waals surface area (Å²) in [5.41, 5.74) is 3.72. The molecule has 4 rings (SSSR count). The minimum absolute atomic E-state index is 0.496. The molecule has 2 fully saturated rings. The molecule has 2 aliphatic heterocycles. The zero-order valence-corrected chi connectivity index (χ0v) is 20.1. The Morgan fingerprint density at radius 3 is 2.52 bits per heavy atom. The van der Waals surface area contributed by atoms with E-state index in [9.17, 15) is 4.79 Å². The zero-order valence-electron chi connectivity index (χ0n) is 19.3. The van der Waals surface area contributed by atoms with Gasteiger partial charge in [-0.1, -0.05) is 6.92 Å². The van der Waals surface area contributed by atoms with E-state index in [4.69, 9.17) is 0 Å². The summed E-state index contributed by atoms with van der Waals surface area (Å²) in [5.74, 6) is 1.87. The second-order valence-electron chi connectivity index (χ2n) is 8.56. The van der Waals surface area contributed by atoms with Crippen LogP contribution in [0.3, 0.4) is 0 Å². The molecule has 0 bridgehead atoms. The van der Waals surface area contributed by atoms with Gasteiger partial charge in [0.25, 0.3) is 0 Å². The molecule has 0 saturated carbocycles. The first-order chi connectivity index (χ1) is 15.0. The highest BCUT2D eigenvalue weighted by Gasteiger charge is 2.18. The second-order valence-corrected chi connectivity index (χ2v) is 9.70. The fourth-order valence-electron chi connectivity index (χ4n) is 3.97. The average molecular weight is 445 g/mol. The molecule has 2 aromatic heterocycles. The SMILES string of the molecule is Cc1cc(SN2CCC(C)CC2)c(C)n1C.O=CNCc1cncnc1N1CCCC1. The van der Waals surface area contributed by atoms with Crippen molar-refractivity contribution in [3.63, 3.8) is 0 Å². The first-order valence-electron chi connectivity index (χ1n) is 11.3. The van der Waals surface area contributed by atoms with E-state index in [-0.39, 0.29) is 0 Å². The third kappa shape index (κ3) is 6.46.